The molecule has 3 rings (SSSR count). The van der Waals surface area contributed by atoms with Gasteiger partial charge in [0.05, 0.1) is 24.4 Å². The van der Waals surface area contributed by atoms with Crippen LogP contribution in [0.25, 0.3) is 0 Å². The number of likely N-dealkylation sites (tertiary alicyclic amines) is 1. The Hall–Kier alpha value is -2.44. The summed E-state index contributed by atoms with van der Waals surface area (Å²) < 4.78 is 10.9. The van der Waals surface area contributed by atoms with Crippen LogP contribution >= 0.6 is 0 Å². The summed E-state index contributed by atoms with van der Waals surface area (Å²) in [6, 6.07) is 3.66. The van der Waals surface area contributed by atoms with Crippen LogP contribution in [0.4, 0.5) is 0 Å². The topological polar surface area (TPSA) is 81.4 Å². The van der Waals surface area contributed by atoms with Crippen LogP contribution in [0.5, 0.6) is 5.88 Å². The zero-order valence-corrected chi connectivity index (χ0v) is 13.6. The number of ether oxygens (including phenoxy) is 1. The van der Waals surface area contributed by atoms with Crippen molar-refractivity contribution in [2.24, 2.45) is 0 Å². The third-order valence-corrected chi connectivity index (χ3v) is 4.07. The summed E-state index contributed by atoms with van der Waals surface area (Å²) in [5.41, 5.74) is 2.50. The Morgan fingerprint density at radius 2 is 2.17 bits per heavy atom. The van der Waals surface area contributed by atoms with Gasteiger partial charge in [-0.2, -0.15) is 5.10 Å². The Labute approximate surface area is 134 Å². The first-order chi connectivity index (χ1) is 11.0. The molecule has 0 spiro atoms. The second-order valence-corrected chi connectivity index (χ2v) is 5.86. The van der Waals surface area contributed by atoms with Gasteiger partial charge in [0.2, 0.25) is 11.8 Å². The van der Waals surface area contributed by atoms with Gasteiger partial charge in [-0.3, -0.25) is 4.79 Å². The van der Waals surface area contributed by atoms with Gasteiger partial charge < -0.3 is 14.2 Å². The molecule has 1 fully saturated rings. The second kappa shape index (κ2) is 6.36. The van der Waals surface area contributed by atoms with E-state index < -0.39 is 0 Å². The van der Waals surface area contributed by atoms with Crippen LogP contribution in [0.1, 0.15) is 29.1 Å². The lowest BCUT2D eigenvalue weighted by atomic mass is 10.1. The number of amides is 1. The van der Waals surface area contributed by atoms with E-state index in [9.17, 15) is 4.79 Å². The minimum Gasteiger partial charge on any atom is -0.471 e. The van der Waals surface area contributed by atoms with Crippen LogP contribution in [0, 0.1) is 20.8 Å². The molecule has 23 heavy (non-hydrogen) atoms. The van der Waals surface area contributed by atoms with Gasteiger partial charge in [0, 0.05) is 24.6 Å². The number of nitrogens with zero attached hydrogens (tertiary/aromatic N) is 4. The molecular weight excluding hydrogens is 296 g/mol. The fourth-order valence-corrected chi connectivity index (χ4v) is 2.69. The Kier molecular flexibility index (Phi) is 4.27. The molecule has 0 saturated carbocycles. The first-order valence-electron chi connectivity index (χ1n) is 7.69. The van der Waals surface area contributed by atoms with Crippen molar-refractivity contribution < 1.29 is 14.1 Å². The van der Waals surface area contributed by atoms with Crippen molar-refractivity contribution in [3.8, 4) is 5.88 Å². The van der Waals surface area contributed by atoms with Gasteiger partial charge in [0.15, 0.2) is 0 Å². The highest BCUT2D eigenvalue weighted by Gasteiger charge is 2.29. The average Bonchev–Trinajstić information content (AvgIpc) is 3.11. The molecule has 122 valence electrons. The van der Waals surface area contributed by atoms with E-state index in [1.165, 1.54) is 0 Å². The van der Waals surface area contributed by atoms with E-state index in [2.05, 4.69) is 15.4 Å². The van der Waals surface area contributed by atoms with Crippen molar-refractivity contribution in [1.82, 2.24) is 20.3 Å². The molecule has 0 radical (unpaired) electrons. The average molecular weight is 316 g/mol. The van der Waals surface area contributed by atoms with E-state index >= 15 is 0 Å². The van der Waals surface area contributed by atoms with Crippen molar-refractivity contribution in [3.05, 3.63) is 34.8 Å². The normalized spacial score (nSPS) is 17.5. The van der Waals surface area contributed by atoms with Crippen LogP contribution in [0.3, 0.4) is 0 Å². The molecule has 7 heteroatoms. The Morgan fingerprint density at radius 3 is 2.83 bits per heavy atom. The first kappa shape index (κ1) is 15.5. The van der Waals surface area contributed by atoms with Crippen LogP contribution in [0.15, 0.2) is 16.7 Å². The van der Waals surface area contributed by atoms with Gasteiger partial charge in [-0.1, -0.05) is 5.16 Å². The molecular formula is C16H20N4O3. The molecule has 7 nitrogen and oxygen atoms in total. The highest BCUT2D eigenvalue weighted by atomic mass is 16.5. The van der Waals surface area contributed by atoms with Gasteiger partial charge in [0.25, 0.3) is 0 Å². The minimum absolute atomic E-state index is 0.0411. The summed E-state index contributed by atoms with van der Waals surface area (Å²) in [4.78, 5) is 14.3. The molecule has 0 aliphatic carbocycles. The van der Waals surface area contributed by atoms with Crippen molar-refractivity contribution >= 4 is 5.91 Å². The summed E-state index contributed by atoms with van der Waals surface area (Å²) in [6.45, 7) is 6.81. The maximum Gasteiger partial charge on any atom is 0.233 e. The molecule has 1 saturated heterocycles. The van der Waals surface area contributed by atoms with Crippen LogP contribution < -0.4 is 4.74 Å². The van der Waals surface area contributed by atoms with E-state index in [0.717, 1.165) is 23.4 Å². The molecule has 0 N–H and O–H groups in total. The predicted octanol–water partition coefficient (Wildman–Crippen LogP) is 1.61. The summed E-state index contributed by atoms with van der Waals surface area (Å²) >= 11 is 0. The number of carbonyl (C=O) groups is 1. The largest absolute Gasteiger partial charge is 0.471 e. The smallest absolute Gasteiger partial charge is 0.233 e. The lowest BCUT2D eigenvalue weighted by molar-refractivity contribution is -0.129. The Bertz CT molecular complexity index is 676. The van der Waals surface area contributed by atoms with Crippen LogP contribution in [0.2, 0.25) is 0 Å². The molecule has 0 bridgehead atoms. The molecule has 2 aromatic rings. The second-order valence-electron chi connectivity index (χ2n) is 5.86. The molecule has 3 heterocycles. The summed E-state index contributed by atoms with van der Waals surface area (Å²) in [5, 5.41) is 11.9. The third-order valence-electron chi connectivity index (χ3n) is 4.07. The predicted molar refractivity (Wildman–Crippen MR) is 82.1 cm³/mol. The molecule has 1 aliphatic heterocycles. The number of hydrogen-bond donors (Lipinski definition) is 0. The van der Waals surface area contributed by atoms with Gasteiger partial charge in [-0.05, 0) is 26.8 Å². The molecule has 1 amide bonds. The fraction of sp³-hybridized carbons (Fsp3) is 0.500. The number of aromatic nitrogens is 3. The highest BCUT2D eigenvalue weighted by Crippen LogP contribution is 2.19. The molecule has 1 aliphatic rings. The van der Waals surface area contributed by atoms with Crippen molar-refractivity contribution in [2.75, 3.05) is 13.1 Å². The quantitative estimate of drug-likeness (QED) is 0.852. The van der Waals surface area contributed by atoms with E-state index in [-0.39, 0.29) is 12.0 Å². The Balaban J connectivity index is 1.56. The molecule has 1 atom stereocenters. The van der Waals surface area contributed by atoms with E-state index in [0.29, 0.717) is 31.2 Å². The number of hydrogen-bond acceptors (Lipinski definition) is 6. The van der Waals surface area contributed by atoms with Gasteiger partial charge in [-0.15, -0.1) is 5.10 Å². The molecule has 2 aromatic heterocycles. The maximum absolute atomic E-state index is 12.4. The minimum atomic E-state index is -0.0411. The van der Waals surface area contributed by atoms with E-state index in [1.54, 1.807) is 6.07 Å². The highest BCUT2D eigenvalue weighted by molar-refractivity contribution is 5.79. The molecule has 0 aromatic carbocycles. The number of aryl methyl sites for hydroxylation is 3. The standard InChI is InChI=1S/C16H20N4O3/c1-10-4-5-15(18-17-10)22-13-6-7-20(9-13)16(21)8-14-11(2)19-23-12(14)3/h4-5,13H,6-9H2,1-3H3/t13-/m0/s1. The van der Waals surface area contributed by atoms with Crippen molar-refractivity contribution in [1.29, 1.82) is 0 Å². The van der Waals surface area contributed by atoms with Gasteiger partial charge in [-0.25, -0.2) is 0 Å². The fourth-order valence-electron chi connectivity index (χ4n) is 2.69. The van der Waals surface area contributed by atoms with E-state index in [4.69, 9.17) is 9.26 Å². The summed E-state index contributed by atoms with van der Waals surface area (Å²) in [6.07, 6.45) is 1.07. The SMILES string of the molecule is Cc1ccc(O[C@H]2CCN(C(=O)Cc3c(C)noc3C)C2)nn1. The zero-order chi connectivity index (χ0) is 16.4. The maximum atomic E-state index is 12.4. The lowest BCUT2D eigenvalue weighted by Crippen LogP contribution is -2.32. The summed E-state index contributed by atoms with van der Waals surface area (Å²) in [5.74, 6) is 1.28. The first-order valence-corrected chi connectivity index (χ1v) is 7.69. The van der Waals surface area contributed by atoms with E-state index in [1.807, 2.05) is 31.7 Å². The number of carbonyl (C=O) groups excluding carboxylic acids is 1. The monoisotopic (exact) mass is 316 g/mol. The lowest BCUT2D eigenvalue weighted by Gasteiger charge is -2.16. The third kappa shape index (κ3) is 3.49. The van der Waals surface area contributed by atoms with Gasteiger partial charge >= 0.3 is 0 Å². The molecule has 0 unspecified atom stereocenters. The van der Waals surface area contributed by atoms with Gasteiger partial charge in [0.1, 0.15) is 11.9 Å². The van der Waals surface area contributed by atoms with Crippen LogP contribution in [-0.4, -0.2) is 45.4 Å². The zero-order valence-electron chi connectivity index (χ0n) is 13.6. The number of rotatable bonds is 4. The van der Waals surface area contributed by atoms with Crippen LogP contribution in [-0.2, 0) is 11.2 Å². The Morgan fingerprint density at radius 1 is 1.35 bits per heavy atom. The van der Waals surface area contributed by atoms with Crippen molar-refractivity contribution in [2.45, 2.75) is 39.7 Å². The summed E-state index contributed by atoms with van der Waals surface area (Å²) in [7, 11) is 0. The van der Waals surface area contributed by atoms with Crippen molar-refractivity contribution in [3.63, 3.8) is 0 Å².